The van der Waals surface area contributed by atoms with Crippen LogP contribution < -0.4 is 10.2 Å². The second-order valence-corrected chi connectivity index (χ2v) is 9.67. The smallest absolute Gasteiger partial charge is 0.243 e. The van der Waals surface area contributed by atoms with E-state index < -0.39 is 10.0 Å². The van der Waals surface area contributed by atoms with Crippen molar-refractivity contribution in [2.24, 2.45) is 0 Å². The molecule has 0 unspecified atom stereocenters. The summed E-state index contributed by atoms with van der Waals surface area (Å²) < 4.78 is 27.9. The van der Waals surface area contributed by atoms with Gasteiger partial charge in [0.1, 0.15) is 23.8 Å². The molecule has 1 N–H and O–H groups in total. The van der Waals surface area contributed by atoms with Gasteiger partial charge in [-0.05, 0) is 55.7 Å². The van der Waals surface area contributed by atoms with Gasteiger partial charge in [-0.1, -0.05) is 12.1 Å². The SMILES string of the molecule is Cc1ccnc(Nc2cc(N3CCN(S(=O)(=O)c4cc(C)ccc4C)CC3)ncn2)c1. The van der Waals surface area contributed by atoms with Gasteiger partial charge in [0.15, 0.2) is 0 Å². The van der Waals surface area contributed by atoms with Gasteiger partial charge in [-0.3, -0.25) is 0 Å². The average Bonchev–Trinajstić information content (AvgIpc) is 2.76. The first kappa shape index (κ1) is 21.2. The Hall–Kier alpha value is -3.04. The first-order valence-electron chi connectivity index (χ1n) is 10.2. The highest BCUT2D eigenvalue weighted by atomic mass is 32.2. The maximum Gasteiger partial charge on any atom is 0.243 e. The summed E-state index contributed by atoms with van der Waals surface area (Å²) in [6, 6.07) is 11.3. The minimum Gasteiger partial charge on any atom is -0.354 e. The quantitative estimate of drug-likeness (QED) is 0.655. The molecule has 1 aromatic carbocycles. The van der Waals surface area contributed by atoms with Crippen molar-refractivity contribution >= 4 is 27.5 Å². The number of sulfonamides is 1. The normalized spacial score (nSPS) is 15.1. The molecule has 4 rings (SSSR count). The lowest BCUT2D eigenvalue weighted by Gasteiger charge is -2.35. The van der Waals surface area contributed by atoms with Crippen molar-refractivity contribution in [3.63, 3.8) is 0 Å². The number of pyridine rings is 1. The average molecular weight is 439 g/mol. The highest BCUT2D eigenvalue weighted by Crippen LogP contribution is 2.24. The van der Waals surface area contributed by atoms with Gasteiger partial charge in [0, 0.05) is 38.4 Å². The molecule has 1 aliphatic rings. The van der Waals surface area contributed by atoms with Crippen LogP contribution in [0.5, 0.6) is 0 Å². The molecule has 3 heterocycles. The van der Waals surface area contributed by atoms with E-state index in [0.717, 1.165) is 22.5 Å². The van der Waals surface area contributed by atoms with Gasteiger partial charge in [-0.15, -0.1) is 0 Å². The Morgan fingerprint density at radius 2 is 1.55 bits per heavy atom. The fourth-order valence-corrected chi connectivity index (χ4v) is 5.34. The Kier molecular flexibility index (Phi) is 5.88. The topological polar surface area (TPSA) is 91.3 Å². The van der Waals surface area contributed by atoms with Gasteiger partial charge in [-0.2, -0.15) is 4.31 Å². The van der Waals surface area contributed by atoms with Gasteiger partial charge >= 0.3 is 0 Å². The number of hydrogen-bond donors (Lipinski definition) is 1. The van der Waals surface area contributed by atoms with Crippen molar-refractivity contribution in [2.45, 2.75) is 25.7 Å². The molecule has 162 valence electrons. The minimum atomic E-state index is -3.52. The third-order valence-electron chi connectivity index (χ3n) is 5.35. The monoisotopic (exact) mass is 438 g/mol. The maximum atomic E-state index is 13.2. The van der Waals surface area contributed by atoms with Crippen LogP contribution >= 0.6 is 0 Å². The van der Waals surface area contributed by atoms with E-state index in [-0.39, 0.29) is 0 Å². The first-order valence-corrected chi connectivity index (χ1v) is 11.6. The lowest BCUT2D eigenvalue weighted by atomic mass is 10.2. The molecule has 0 aliphatic carbocycles. The Bertz CT molecular complexity index is 1190. The highest BCUT2D eigenvalue weighted by molar-refractivity contribution is 7.89. The van der Waals surface area contributed by atoms with E-state index in [1.165, 1.54) is 6.33 Å². The predicted molar refractivity (Wildman–Crippen MR) is 121 cm³/mol. The lowest BCUT2D eigenvalue weighted by Crippen LogP contribution is -2.49. The third-order valence-corrected chi connectivity index (χ3v) is 7.39. The molecule has 9 heteroatoms. The molecular formula is C22H26N6O2S. The third kappa shape index (κ3) is 4.67. The molecule has 31 heavy (non-hydrogen) atoms. The molecule has 8 nitrogen and oxygen atoms in total. The number of anilines is 3. The minimum absolute atomic E-state index is 0.389. The molecule has 0 spiro atoms. The van der Waals surface area contributed by atoms with E-state index in [4.69, 9.17) is 0 Å². The molecular weight excluding hydrogens is 412 g/mol. The van der Waals surface area contributed by atoms with E-state index in [9.17, 15) is 8.42 Å². The van der Waals surface area contributed by atoms with Crippen LogP contribution in [-0.2, 0) is 10.0 Å². The summed E-state index contributed by atoms with van der Waals surface area (Å²) in [6.07, 6.45) is 3.25. The van der Waals surface area contributed by atoms with Crippen molar-refractivity contribution in [1.29, 1.82) is 0 Å². The molecule has 1 saturated heterocycles. The van der Waals surface area contributed by atoms with E-state index >= 15 is 0 Å². The Morgan fingerprint density at radius 3 is 2.29 bits per heavy atom. The van der Waals surface area contributed by atoms with Crippen LogP contribution in [0.2, 0.25) is 0 Å². The zero-order valence-corrected chi connectivity index (χ0v) is 18.7. The van der Waals surface area contributed by atoms with Crippen molar-refractivity contribution in [1.82, 2.24) is 19.3 Å². The second-order valence-electron chi connectivity index (χ2n) is 7.76. The van der Waals surface area contributed by atoms with Gasteiger partial charge in [-0.25, -0.2) is 23.4 Å². The van der Waals surface area contributed by atoms with E-state index in [1.54, 1.807) is 16.6 Å². The van der Waals surface area contributed by atoms with E-state index in [2.05, 4.69) is 25.2 Å². The summed E-state index contributed by atoms with van der Waals surface area (Å²) in [4.78, 5) is 15.4. The Morgan fingerprint density at radius 1 is 0.839 bits per heavy atom. The van der Waals surface area contributed by atoms with E-state index in [0.29, 0.717) is 42.7 Å². The molecule has 0 bridgehead atoms. The van der Waals surface area contributed by atoms with Gasteiger partial charge in [0.25, 0.3) is 0 Å². The van der Waals surface area contributed by atoms with Crippen molar-refractivity contribution in [2.75, 3.05) is 36.4 Å². The van der Waals surface area contributed by atoms with Crippen molar-refractivity contribution in [3.8, 4) is 0 Å². The van der Waals surface area contributed by atoms with Crippen LogP contribution in [0.25, 0.3) is 0 Å². The number of hydrogen-bond acceptors (Lipinski definition) is 7. The second kappa shape index (κ2) is 8.60. The van der Waals surface area contributed by atoms with Crippen LogP contribution in [-0.4, -0.2) is 53.9 Å². The molecule has 3 aromatic rings. The summed E-state index contributed by atoms with van der Waals surface area (Å²) >= 11 is 0. The molecule has 0 radical (unpaired) electrons. The summed E-state index contributed by atoms with van der Waals surface area (Å²) in [7, 11) is -3.52. The number of nitrogens with zero attached hydrogens (tertiary/aromatic N) is 5. The zero-order valence-electron chi connectivity index (χ0n) is 17.9. The first-order chi connectivity index (χ1) is 14.8. The van der Waals surface area contributed by atoms with Crippen molar-refractivity contribution < 1.29 is 8.42 Å². The summed E-state index contributed by atoms with van der Waals surface area (Å²) in [5, 5.41) is 3.20. The van der Waals surface area contributed by atoms with Crippen LogP contribution in [0.15, 0.2) is 53.8 Å². The number of nitrogens with one attached hydrogen (secondary N) is 1. The molecule has 0 amide bonds. The zero-order chi connectivity index (χ0) is 22.0. The van der Waals surface area contributed by atoms with Crippen LogP contribution in [0.4, 0.5) is 17.5 Å². The Balaban J connectivity index is 1.46. The Labute approximate surface area is 183 Å². The van der Waals surface area contributed by atoms with E-state index in [1.807, 2.05) is 51.1 Å². The largest absolute Gasteiger partial charge is 0.354 e. The number of benzene rings is 1. The summed E-state index contributed by atoms with van der Waals surface area (Å²) in [6.45, 7) is 7.67. The number of aryl methyl sites for hydroxylation is 3. The molecule has 1 aliphatic heterocycles. The molecule has 0 atom stereocenters. The van der Waals surface area contributed by atoms with Crippen molar-refractivity contribution in [3.05, 3.63) is 65.6 Å². The standard InChI is InChI=1S/C22H26N6O2S/c1-16-4-5-18(3)19(12-16)31(29,30)28-10-8-27(9-11-28)22-14-21(24-15-25-22)26-20-13-17(2)6-7-23-20/h4-7,12-15H,8-11H2,1-3H3,(H,23,24,25,26). The number of piperazine rings is 1. The summed E-state index contributed by atoms with van der Waals surface area (Å²) in [5.74, 6) is 2.12. The number of rotatable bonds is 5. The highest BCUT2D eigenvalue weighted by Gasteiger charge is 2.30. The fourth-order valence-electron chi connectivity index (χ4n) is 3.61. The van der Waals surface area contributed by atoms with Crippen LogP contribution in [0.3, 0.4) is 0 Å². The molecule has 0 saturated carbocycles. The summed E-state index contributed by atoms with van der Waals surface area (Å²) in [5.41, 5.74) is 2.81. The van der Waals surface area contributed by atoms with Gasteiger partial charge in [0.05, 0.1) is 4.90 Å². The molecule has 2 aromatic heterocycles. The predicted octanol–water partition coefficient (Wildman–Crippen LogP) is 3.05. The fraction of sp³-hybridized carbons (Fsp3) is 0.318. The van der Waals surface area contributed by atoms with Gasteiger partial charge < -0.3 is 10.2 Å². The number of aromatic nitrogens is 3. The lowest BCUT2D eigenvalue weighted by molar-refractivity contribution is 0.383. The maximum absolute atomic E-state index is 13.2. The van der Waals surface area contributed by atoms with Crippen LogP contribution in [0.1, 0.15) is 16.7 Å². The van der Waals surface area contributed by atoms with Crippen LogP contribution in [0, 0.1) is 20.8 Å². The molecule has 1 fully saturated rings. The van der Waals surface area contributed by atoms with Gasteiger partial charge in [0.2, 0.25) is 10.0 Å².